The van der Waals surface area contributed by atoms with Crippen molar-refractivity contribution in [1.82, 2.24) is 9.97 Å². The van der Waals surface area contributed by atoms with Gasteiger partial charge in [0.15, 0.2) is 5.82 Å². The Kier molecular flexibility index (Phi) is 5.96. The molecule has 1 aromatic heterocycles. The summed E-state index contributed by atoms with van der Waals surface area (Å²) in [7, 11) is 1.65. The Bertz CT molecular complexity index is 622. The largest absolute Gasteiger partial charge is 0.378 e. The molecule has 112 valence electrons. The standard InChI is InChI=1S/C15H17BrClN3O/c1-3-6-18-14-8-11(9-21-2)19-15(20-14)12-5-4-10(16)7-13(12)17/h4-5,7-8H,3,6,9H2,1-2H3,(H,18,19,20). The van der Waals surface area contributed by atoms with E-state index >= 15 is 0 Å². The molecule has 21 heavy (non-hydrogen) atoms. The van der Waals surface area contributed by atoms with E-state index in [0.717, 1.165) is 34.5 Å². The van der Waals surface area contributed by atoms with Gasteiger partial charge < -0.3 is 10.1 Å². The number of hydrogen-bond acceptors (Lipinski definition) is 4. The highest BCUT2D eigenvalue weighted by Gasteiger charge is 2.10. The van der Waals surface area contributed by atoms with E-state index in [9.17, 15) is 0 Å². The summed E-state index contributed by atoms with van der Waals surface area (Å²) in [5.74, 6) is 1.38. The van der Waals surface area contributed by atoms with E-state index in [0.29, 0.717) is 17.5 Å². The number of nitrogens with zero attached hydrogens (tertiary/aromatic N) is 2. The second-order valence-electron chi connectivity index (χ2n) is 4.55. The number of aromatic nitrogens is 2. The number of nitrogens with one attached hydrogen (secondary N) is 1. The third-order valence-corrected chi connectivity index (χ3v) is 3.61. The van der Waals surface area contributed by atoms with Crippen molar-refractivity contribution in [3.05, 3.63) is 39.5 Å². The van der Waals surface area contributed by atoms with Crippen LogP contribution in [0.5, 0.6) is 0 Å². The summed E-state index contributed by atoms with van der Waals surface area (Å²) in [4.78, 5) is 9.05. The highest BCUT2D eigenvalue weighted by Crippen LogP contribution is 2.29. The first-order valence-corrected chi connectivity index (χ1v) is 7.87. The molecule has 0 amide bonds. The van der Waals surface area contributed by atoms with Gasteiger partial charge in [-0.05, 0) is 24.6 Å². The Morgan fingerprint density at radius 2 is 2.10 bits per heavy atom. The molecule has 0 atom stereocenters. The zero-order chi connectivity index (χ0) is 15.2. The fourth-order valence-corrected chi connectivity index (χ4v) is 2.61. The number of halogens is 2. The van der Waals surface area contributed by atoms with Crippen LogP contribution in [0.1, 0.15) is 19.0 Å². The Morgan fingerprint density at radius 3 is 2.76 bits per heavy atom. The molecule has 1 heterocycles. The minimum Gasteiger partial charge on any atom is -0.378 e. The van der Waals surface area contributed by atoms with Gasteiger partial charge in [0.1, 0.15) is 5.82 Å². The van der Waals surface area contributed by atoms with E-state index in [1.54, 1.807) is 7.11 Å². The number of anilines is 1. The van der Waals surface area contributed by atoms with Crippen molar-refractivity contribution < 1.29 is 4.74 Å². The molecule has 0 saturated carbocycles. The number of hydrogen-bond donors (Lipinski definition) is 1. The molecule has 1 aromatic carbocycles. The highest BCUT2D eigenvalue weighted by atomic mass is 79.9. The van der Waals surface area contributed by atoms with E-state index in [1.807, 2.05) is 24.3 Å². The Labute approximate surface area is 138 Å². The predicted octanol–water partition coefficient (Wildman–Crippen LogP) is 4.53. The van der Waals surface area contributed by atoms with E-state index in [4.69, 9.17) is 16.3 Å². The zero-order valence-electron chi connectivity index (χ0n) is 12.0. The minimum absolute atomic E-state index is 0.435. The molecule has 0 bridgehead atoms. The molecule has 0 aliphatic carbocycles. The maximum absolute atomic E-state index is 6.29. The lowest BCUT2D eigenvalue weighted by molar-refractivity contribution is 0.181. The Balaban J connectivity index is 2.43. The smallest absolute Gasteiger partial charge is 0.163 e. The molecule has 2 rings (SSSR count). The maximum Gasteiger partial charge on any atom is 0.163 e. The van der Waals surface area contributed by atoms with Crippen molar-refractivity contribution in [1.29, 1.82) is 0 Å². The lowest BCUT2D eigenvalue weighted by Gasteiger charge is -2.10. The quantitative estimate of drug-likeness (QED) is 0.811. The summed E-state index contributed by atoms with van der Waals surface area (Å²) in [5.41, 5.74) is 1.62. The first kappa shape index (κ1) is 16.2. The van der Waals surface area contributed by atoms with E-state index in [2.05, 4.69) is 38.1 Å². The summed E-state index contributed by atoms with van der Waals surface area (Å²) in [5, 5.41) is 3.89. The van der Waals surface area contributed by atoms with E-state index < -0.39 is 0 Å². The fraction of sp³-hybridized carbons (Fsp3) is 0.333. The number of methoxy groups -OCH3 is 1. The molecular weight excluding hydrogens is 354 g/mol. The highest BCUT2D eigenvalue weighted by molar-refractivity contribution is 9.10. The fourth-order valence-electron chi connectivity index (χ4n) is 1.85. The number of rotatable bonds is 6. The van der Waals surface area contributed by atoms with Gasteiger partial charge in [-0.3, -0.25) is 0 Å². The molecule has 0 fully saturated rings. The van der Waals surface area contributed by atoms with E-state index in [-0.39, 0.29) is 0 Å². The second-order valence-corrected chi connectivity index (χ2v) is 5.87. The van der Waals surface area contributed by atoms with Crippen LogP contribution < -0.4 is 5.32 Å². The van der Waals surface area contributed by atoms with E-state index in [1.165, 1.54) is 0 Å². The second kappa shape index (κ2) is 7.73. The summed E-state index contributed by atoms with van der Waals surface area (Å²) in [6.45, 7) is 3.40. The van der Waals surface area contributed by atoms with Crippen LogP contribution in [0.25, 0.3) is 11.4 Å². The lowest BCUT2D eigenvalue weighted by atomic mass is 10.2. The van der Waals surface area contributed by atoms with Crippen molar-refractivity contribution in [2.75, 3.05) is 19.0 Å². The summed E-state index contributed by atoms with van der Waals surface area (Å²) < 4.78 is 6.09. The zero-order valence-corrected chi connectivity index (χ0v) is 14.3. The van der Waals surface area contributed by atoms with Crippen molar-refractivity contribution in [2.45, 2.75) is 20.0 Å². The van der Waals surface area contributed by atoms with Crippen LogP contribution in [0.3, 0.4) is 0 Å². The molecule has 0 saturated heterocycles. The van der Waals surface area contributed by atoms with Gasteiger partial charge in [-0.25, -0.2) is 9.97 Å². The molecular formula is C15H17BrClN3O. The first-order chi connectivity index (χ1) is 10.1. The predicted molar refractivity (Wildman–Crippen MR) is 89.7 cm³/mol. The minimum atomic E-state index is 0.435. The van der Waals surface area contributed by atoms with Crippen molar-refractivity contribution in [3.63, 3.8) is 0 Å². The van der Waals surface area contributed by atoms with Crippen LogP contribution in [-0.2, 0) is 11.3 Å². The van der Waals surface area contributed by atoms with Gasteiger partial charge in [-0.15, -0.1) is 0 Å². The molecule has 2 aromatic rings. The molecule has 4 nitrogen and oxygen atoms in total. The lowest BCUT2D eigenvalue weighted by Crippen LogP contribution is -2.06. The molecule has 0 radical (unpaired) electrons. The molecule has 0 unspecified atom stereocenters. The molecule has 0 spiro atoms. The summed E-state index contributed by atoms with van der Waals surface area (Å²) in [6.07, 6.45) is 1.03. The Hall–Kier alpha value is -1.17. The van der Waals surface area contributed by atoms with Gasteiger partial charge in [-0.1, -0.05) is 34.5 Å². The summed E-state index contributed by atoms with van der Waals surface area (Å²) in [6, 6.07) is 7.56. The SMILES string of the molecule is CCCNc1cc(COC)nc(-c2ccc(Br)cc2Cl)n1. The first-order valence-electron chi connectivity index (χ1n) is 6.70. The van der Waals surface area contributed by atoms with Gasteiger partial charge >= 0.3 is 0 Å². The Morgan fingerprint density at radius 1 is 1.29 bits per heavy atom. The van der Waals surface area contributed by atoms with Crippen LogP contribution in [0.15, 0.2) is 28.7 Å². The van der Waals surface area contributed by atoms with Gasteiger partial charge in [0, 0.05) is 29.8 Å². The molecule has 0 aliphatic heterocycles. The molecule has 0 aliphatic rings. The van der Waals surface area contributed by atoms with Crippen LogP contribution in [0.4, 0.5) is 5.82 Å². The van der Waals surface area contributed by atoms with Gasteiger partial charge in [0.25, 0.3) is 0 Å². The number of benzene rings is 1. The summed E-state index contributed by atoms with van der Waals surface area (Å²) >= 11 is 9.69. The van der Waals surface area contributed by atoms with Crippen molar-refractivity contribution in [3.8, 4) is 11.4 Å². The molecule has 6 heteroatoms. The third kappa shape index (κ3) is 4.40. The van der Waals surface area contributed by atoms with Crippen molar-refractivity contribution >= 4 is 33.3 Å². The average Bonchev–Trinajstić information content (AvgIpc) is 2.45. The third-order valence-electron chi connectivity index (χ3n) is 2.80. The monoisotopic (exact) mass is 369 g/mol. The van der Waals surface area contributed by atoms with Gasteiger partial charge in [-0.2, -0.15) is 0 Å². The van der Waals surface area contributed by atoms with Gasteiger partial charge in [0.05, 0.1) is 17.3 Å². The van der Waals surface area contributed by atoms with Gasteiger partial charge in [0.2, 0.25) is 0 Å². The van der Waals surface area contributed by atoms with Crippen LogP contribution >= 0.6 is 27.5 Å². The van der Waals surface area contributed by atoms with Crippen molar-refractivity contribution in [2.24, 2.45) is 0 Å². The van der Waals surface area contributed by atoms with Crippen LogP contribution in [-0.4, -0.2) is 23.6 Å². The molecule has 1 N–H and O–H groups in total. The topological polar surface area (TPSA) is 47.0 Å². The van der Waals surface area contributed by atoms with Crippen LogP contribution in [0, 0.1) is 0 Å². The number of ether oxygens (including phenoxy) is 1. The maximum atomic E-state index is 6.29. The normalized spacial score (nSPS) is 10.7. The average molecular weight is 371 g/mol. The van der Waals surface area contributed by atoms with Crippen LogP contribution in [0.2, 0.25) is 5.02 Å².